The molecule has 6 nitrogen and oxygen atoms in total. The van der Waals surface area contributed by atoms with Crippen LogP contribution in [0.25, 0.3) is 0 Å². The standard InChI is InChI=1S/C12H20N4O2/c1-10(17)16-6-5-15(7-11(18)8-16)9-12-13-3-4-14(12)2/h3-4,11,18H,5-9H2,1-2H3. The maximum absolute atomic E-state index is 11.4. The van der Waals surface area contributed by atoms with Crippen LogP contribution in [-0.2, 0) is 18.4 Å². The summed E-state index contributed by atoms with van der Waals surface area (Å²) in [6.45, 7) is 4.68. The number of hydrogen-bond donors (Lipinski definition) is 1. The highest BCUT2D eigenvalue weighted by Crippen LogP contribution is 2.08. The van der Waals surface area contributed by atoms with Crippen molar-refractivity contribution >= 4 is 5.91 Å². The van der Waals surface area contributed by atoms with E-state index in [-0.39, 0.29) is 5.91 Å². The van der Waals surface area contributed by atoms with Gasteiger partial charge < -0.3 is 14.6 Å². The van der Waals surface area contributed by atoms with Crippen molar-refractivity contribution in [2.75, 3.05) is 26.2 Å². The number of imidazole rings is 1. The number of aryl methyl sites for hydroxylation is 1. The van der Waals surface area contributed by atoms with Crippen LogP contribution < -0.4 is 0 Å². The first-order valence-corrected chi connectivity index (χ1v) is 6.18. The molecule has 0 aliphatic carbocycles. The fourth-order valence-corrected chi connectivity index (χ4v) is 2.23. The van der Waals surface area contributed by atoms with Gasteiger partial charge in [0, 0.05) is 52.5 Å². The zero-order valence-corrected chi connectivity index (χ0v) is 10.9. The number of aromatic nitrogens is 2. The molecule has 1 amide bonds. The second-order valence-corrected chi connectivity index (χ2v) is 4.81. The van der Waals surface area contributed by atoms with Crippen LogP contribution in [0.2, 0.25) is 0 Å². The Morgan fingerprint density at radius 1 is 1.50 bits per heavy atom. The van der Waals surface area contributed by atoms with Crippen LogP contribution in [0.4, 0.5) is 0 Å². The van der Waals surface area contributed by atoms with Gasteiger partial charge in [-0.2, -0.15) is 0 Å². The Labute approximate surface area is 107 Å². The SMILES string of the molecule is CC(=O)N1CCN(Cc2nccn2C)CC(O)C1. The third kappa shape index (κ3) is 3.08. The Morgan fingerprint density at radius 3 is 2.89 bits per heavy atom. The van der Waals surface area contributed by atoms with Crippen LogP contribution in [0.15, 0.2) is 12.4 Å². The third-order valence-corrected chi connectivity index (χ3v) is 3.32. The second kappa shape index (κ2) is 5.49. The number of β-amino-alcohol motifs (C(OH)–C–C–N with tert-alkyl or cyclic N) is 1. The third-order valence-electron chi connectivity index (χ3n) is 3.32. The van der Waals surface area contributed by atoms with Crippen LogP contribution in [0.3, 0.4) is 0 Å². The summed E-state index contributed by atoms with van der Waals surface area (Å²) in [6, 6.07) is 0. The highest BCUT2D eigenvalue weighted by Gasteiger charge is 2.23. The summed E-state index contributed by atoms with van der Waals surface area (Å²) in [5, 5.41) is 9.91. The topological polar surface area (TPSA) is 61.6 Å². The van der Waals surface area contributed by atoms with Gasteiger partial charge >= 0.3 is 0 Å². The van der Waals surface area contributed by atoms with E-state index >= 15 is 0 Å². The van der Waals surface area contributed by atoms with E-state index < -0.39 is 6.10 Å². The number of carbonyl (C=O) groups is 1. The minimum absolute atomic E-state index is 0.0212. The van der Waals surface area contributed by atoms with E-state index in [1.54, 1.807) is 18.0 Å². The van der Waals surface area contributed by atoms with Crippen LogP contribution in [0.5, 0.6) is 0 Å². The summed E-state index contributed by atoms with van der Waals surface area (Å²) in [7, 11) is 1.96. The van der Waals surface area contributed by atoms with Gasteiger partial charge in [0.2, 0.25) is 5.91 Å². The fourth-order valence-electron chi connectivity index (χ4n) is 2.23. The van der Waals surface area contributed by atoms with Crippen molar-refractivity contribution in [2.45, 2.75) is 19.6 Å². The zero-order valence-electron chi connectivity index (χ0n) is 10.9. The number of carbonyl (C=O) groups excluding carboxylic acids is 1. The number of amides is 1. The highest BCUT2D eigenvalue weighted by atomic mass is 16.3. The van der Waals surface area contributed by atoms with Gasteiger partial charge in [0.25, 0.3) is 0 Å². The molecular weight excluding hydrogens is 232 g/mol. The molecule has 6 heteroatoms. The number of hydrogen-bond acceptors (Lipinski definition) is 4. The van der Waals surface area contributed by atoms with E-state index in [2.05, 4.69) is 9.88 Å². The lowest BCUT2D eigenvalue weighted by molar-refractivity contribution is -0.129. The molecule has 0 radical (unpaired) electrons. The first-order chi connectivity index (χ1) is 8.56. The summed E-state index contributed by atoms with van der Waals surface area (Å²) in [6.07, 6.45) is 3.19. The van der Waals surface area contributed by atoms with E-state index in [9.17, 15) is 9.90 Å². The second-order valence-electron chi connectivity index (χ2n) is 4.81. The molecule has 2 rings (SSSR count). The van der Waals surface area contributed by atoms with Crippen molar-refractivity contribution in [3.05, 3.63) is 18.2 Å². The molecule has 1 fully saturated rings. The average molecular weight is 252 g/mol. The number of nitrogens with zero attached hydrogens (tertiary/aromatic N) is 4. The van der Waals surface area contributed by atoms with Crippen LogP contribution in [0, 0.1) is 0 Å². The predicted octanol–water partition coefficient (Wildman–Crippen LogP) is -0.555. The minimum Gasteiger partial charge on any atom is -0.390 e. The minimum atomic E-state index is -0.489. The largest absolute Gasteiger partial charge is 0.390 e. The lowest BCUT2D eigenvalue weighted by atomic mass is 10.3. The summed E-state index contributed by atoms with van der Waals surface area (Å²) in [4.78, 5) is 19.5. The molecule has 0 saturated carbocycles. The van der Waals surface area contributed by atoms with E-state index in [0.717, 1.165) is 12.4 Å². The molecule has 1 unspecified atom stereocenters. The van der Waals surface area contributed by atoms with E-state index in [4.69, 9.17) is 0 Å². The summed E-state index contributed by atoms with van der Waals surface area (Å²) in [5.74, 6) is 0.992. The average Bonchev–Trinajstić information content (AvgIpc) is 2.59. The van der Waals surface area contributed by atoms with Crippen molar-refractivity contribution in [3.8, 4) is 0 Å². The lowest BCUT2D eigenvalue weighted by Crippen LogP contribution is -2.36. The molecule has 100 valence electrons. The maximum atomic E-state index is 11.4. The first-order valence-electron chi connectivity index (χ1n) is 6.18. The van der Waals surface area contributed by atoms with Gasteiger partial charge in [-0.05, 0) is 0 Å². The zero-order chi connectivity index (χ0) is 13.1. The van der Waals surface area contributed by atoms with Crippen molar-refractivity contribution in [1.82, 2.24) is 19.4 Å². The molecule has 1 aliphatic rings. The lowest BCUT2D eigenvalue weighted by Gasteiger charge is -2.20. The highest BCUT2D eigenvalue weighted by molar-refractivity contribution is 5.73. The Morgan fingerprint density at radius 2 is 2.28 bits per heavy atom. The van der Waals surface area contributed by atoms with Gasteiger partial charge in [0.1, 0.15) is 5.82 Å². The Bertz CT molecular complexity index is 418. The molecule has 1 aliphatic heterocycles. The van der Waals surface area contributed by atoms with Crippen LogP contribution in [-0.4, -0.2) is 62.6 Å². The molecule has 2 heterocycles. The van der Waals surface area contributed by atoms with E-state index in [1.165, 1.54) is 0 Å². The van der Waals surface area contributed by atoms with Crippen molar-refractivity contribution in [2.24, 2.45) is 7.05 Å². The molecule has 0 spiro atoms. The van der Waals surface area contributed by atoms with Gasteiger partial charge in [0.15, 0.2) is 0 Å². The van der Waals surface area contributed by atoms with Crippen molar-refractivity contribution < 1.29 is 9.90 Å². The van der Waals surface area contributed by atoms with Crippen LogP contribution in [0.1, 0.15) is 12.7 Å². The monoisotopic (exact) mass is 252 g/mol. The molecule has 1 N–H and O–H groups in total. The molecule has 0 aromatic carbocycles. The van der Waals surface area contributed by atoms with Gasteiger partial charge in [-0.3, -0.25) is 9.69 Å². The quantitative estimate of drug-likeness (QED) is 0.767. The molecule has 1 aromatic rings. The smallest absolute Gasteiger partial charge is 0.219 e. The molecule has 0 bridgehead atoms. The van der Waals surface area contributed by atoms with Crippen molar-refractivity contribution in [3.63, 3.8) is 0 Å². The maximum Gasteiger partial charge on any atom is 0.219 e. The molecule has 1 atom stereocenters. The Balaban J connectivity index is 1.98. The summed E-state index contributed by atoms with van der Waals surface area (Å²) < 4.78 is 1.97. The number of aliphatic hydroxyl groups is 1. The van der Waals surface area contributed by atoms with E-state index in [0.29, 0.717) is 26.2 Å². The Hall–Kier alpha value is -1.40. The van der Waals surface area contributed by atoms with Gasteiger partial charge in [-0.1, -0.05) is 0 Å². The fraction of sp³-hybridized carbons (Fsp3) is 0.667. The molecule has 1 saturated heterocycles. The van der Waals surface area contributed by atoms with Gasteiger partial charge in [-0.15, -0.1) is 0 Å². The predicted molar refractivity (Wildman–Crippen MR) is 66.7 cm³/mol. The number of rotatable bonds is 2. The first kappa shape index (κ1) is 13.0. The van der Waals surface area contributed by atoms with Gasteiger partial charge in [0.05, 0.1) is 12.6 Å². The van der Waals surface area contributed by atoms with Crippen molar-refractivity contribution in [1.29, 1.82) is 0 Å². The van der Waals surface area contributed by atoms with Crippen LogP contribution >= 0.6 is 0 Å². The normalized spacial score (nSPS) is 21.9. The summed E-state index contributed by atoms with van der Waals surface area (Å²) >= 11 is 0. The Kier molecular flexibility index (Phi) is 3.98. The molecular formula is C12H20N4O2. The van der Waals surface area contributed by atoms with Gasteiger partial charge in [-0.25, -0.2) is 4.98 Å². The molecule has 1 aromatic heterocycles. The molecule has 18 heavy (non-hydrogen) atoms. The summed E-state index contributed by atoms with van der Waals surface area (Å²) in [5.41, 5.74) is 0. The van der Waals surface area contributed by atoms with E-state index in [1.807, 2.05) is 17.8 Å². The number of aliphatic hydroxyl groups excluding tert-OH is 1.